The van der Waals surface area contributed by atoms with E-state index in [2.05, 4.69) is 64.8 Å². The molecule has 7 atom stereocenters. The highest BCUT2D eigenvalue weighted by Crippen LogP contribution is 2.75. The van der Waals surface area contributed by atoms with Crippen molar-refractivity contribution < 1.29 is 17.6 Å². The first-order chi connectivity index (χ1) is 24.9. The van der Waals surface area contributed by atoms with Gasteiger partial charge in [-0.3, -0.25) is 4.79 Å². The fourth-order valence-corrected chi connectivity index (χ4v) is 14.8. The SMILES string of the molecule is CC1(C)CC[C@]2(C(=O)NCCN3CCCCC3)CC[C@]3(C)C(=CC[C@@H]4[C@@]5(C)Cc6cn(S(=O)(=O)c7ccc(F)cc7)nc6C(C)(C)[C@@H]5CC[C@]43C)[C@@H]2C1. The van der Waals surface area contributed by atoms with Crippen molar-refractivity contribution in [2.24, 2.45) is 44.8 Å². The summed E-state index contributed by atoms with van der Waals surface area (Å²) in [6.07, 6.45) is 17.3. The molecule has 5 aliphatic carbocycles. The van der Waals surface area contributed by atoms with Crippen molar-refractivity contribution >= 4 is 15.9 Å². The minimum Gasteiger partial charge on any atom is -0.354 e. The van der Waals surface area contributed by atoms with Gasteiger partial charge in [-0.05, 0) is 153 Å². The standard InChI is InChI=1S/C44H63FN4O3S/c1-39(2)19-21-44(38(50)46-23-26-48-24-9-8-10-25-48)22-20-42(6)33(34(44)28-39)15-16-36-41(5)27-30-29-49(53(51,52)32-13-11-31(45)12-14-32)47-37(30)40(3,4)35(41)17-18-43(36,42)7/h11-15,29,34-36H,8-10,16-28H2,1-7H3,(H,46,50)/t34-,35-,36+,41-,42+,43+,44-/m0/s1. The number of halogens is 1. The van der Waals surface area contributed by atoms with Crippen molar-refractivity contribution in [2.45, 2.75) is 136 Å². The van der Waals surface area contributed by atoms with Gasteiger partial charge < -0.3 is 10.2 Å². The molecule has 3 saturated carbocycles. The van der Waals surface area contributed by atoms with Crippen LogP contribution in [-0.4, -0.2) is 54.6 Å². The predicted molar refractivity (Wildman–Crippen MR) is 207 cm³/mol. The number of nitrogens with zero attached hydrogens (tertiary/aromatic N) is 3. The highest BCUT2D eigenvalue weighted by Gasteiger charge is 2.69. The van der Waals surface area contributed by atoms with E-state index in [-0.39, 0.29) is 43.3 Å². The van der Waals surface area contributed by atoms with Crippen LogP contribution in [0.3, 0.4) is 0 Å². The van der Waals surface area contributed by atoms with Gasteiger partial charge in [0, 0.05) is 24.7 Å². The molecule has 290 valence electrons. The topological polar surface area (TPSA) is 84.3 Å². The first-order valence-electron chi connectivity index (χ1n) is 20.7. The van der Waals surface area contributed by atoms with E-state index in [1.807, 2.05) is 0 Å². The van der Waals surface area contributed by atoms with Gasteiger partial charge in [0.1, 0.15) is 5.82 Å². The number of carbonyl (C=O) groups excluding carboxylic acids is 1. The maximum Gasteiger partial charge on any atom is 0.282 e. The molecule has 7 nitrogen and oxygen atoms in total. The lowest BCUT2D eigenvalue weighted by Crippen LogP contribution is -2.65. The van der Waals surface area contributed by atoms with E-state index in [1.54, 1.807) is 11.8 Å². The fraction of sp³-hybridized carbons (Fsp3) is 0.727. The second kappa shape index (κ2) is 12.5. The highest BCUT2D eigenvalue weighted by atomic mass is 32.2. The van der Waals surface area contributed by atoms with Crippen LogP contribution >= 0.6 is 0 Å². The molecule has 1 N–H and O–H groups in total. The molecule has 0 spiro atoms. The molecule has 1 saturated heterocycles. The Morgan fingerprint density at radius 3 is 2.34 bits per heavy atom. The van der Waals surface area contributed by atoms with Crippen LogP contribution in [0.25, 0.3) is 0 Å². The minimum absolute atomic E-state index is 0.0138. The number of hydrogen-bond acceptors (Lipinski definition) is 5. The molecule has 4 fully saturated rings. The van der Waals surface area contributed by atoms with Crippen molar-refractivity contribution in [2.75, 3.05) is 26.2 Å². The lowest BCUT2D eigenvalue weighted by Gasteiger charge is -2.70. The van der Waals surface area contributed by atoms with Crippen LogP contribution < -0.4 is 5.32 Å². The number of piperidine rings is 1. The third-order valence-corrected chi connectivity index (χ3v) is 18.2. The van der Waals surface area contributed by atoms with Crippen LogP contribution in [-0.2, 0) is 26.7 Å². The van der Waals surface area contributed by atoms with E-state index < -0.39 is 15.8 Å². The van der Waals surface area contributed by atoms with E-state index >= 15 is 0 Å². The lowest BCUT2D eigenvalue weighted by molar-refractivity contribution is -0.167. The first-order valence-corrected chi connectivity index (χ1v) is 22.1. The summed E-state index contributed by atoms with van der Waals surface area (Å²) in [6, 6.07) is 5.02. The molecule has 2 heterocycles. The summed E-state index contributed by atoms with van der Waals surface area (Å²) in [6.45, 7) is 21.0. The van der Waals surface area contributed by atoms with E-state index in [0.29, 0.717) is 17.7 Å². The van der Waals surface area contributed by atoms with Gasteiger partial charge in [-0.2, -0.15) is 17.6 Å². The second-order valence-corrected chi connectivity index (χ2v) is 22.1. The summed E-state index contributed by atoms with van der Waals surface area (Å²) in [5, 5.41) is 8.31. The molecule has 6 aliphatic rings. The number of benzene rings is 1. The average Bonchev–Trinajstić information content (AvgIpc) is 3.54. The van der Waals surface area contributed by atoms with Gasteiger partial charge in [-0.15, -0.1) is 0 Å². The Kier molecular flexibility index (Phi) is 8.82. The zero-order valence-electron chi connectivity index (χ0n) is 33.4. The van der Waals surface area contributed by atoms with Crippen LogP contribution in [0.1, 0.15) is 130 Å². The summed E-state index contributed by atoms with van der Waals surface area (Å²) in [5.74, 6) is 0.848. The number of rotatable bonds is 6. The lowest BCUT2D eigenvalue weighted by atomic mass is 9.33. The number of hydrogen-bond donors (Lipinski definition) is 1. The van der Waals surface area contributed by atoms with Gasteiger partial charge in [-0.25, -0.2) is 4.39 Å². The monoisotopic (exact) mass is 746 g/mol. The third kappa shape index (κ3) is 5.57. The van der Waals surface area contributed by atoms with Gasteiger partial charge in [-0.1, -0.05) is 66.5 Å². The molecule has 1 aliphatic heterocycles. The molecule has 1 amide bonds. The summed E-state index contributed by atoms with van der Waals surface area (Å²) in [7, 11) is -3.97. The van der Waals surface area contributed by atoms with E-state index in [1.165, 1.54) is 43.5 Å². The molecule has 9 heteroatoms. The van der Waals surface area contributed by atoms with Gasteiger partial charge in [0.15, 0.2) is 0 Å². The largest absolute Gasteiger partial charge is 0.354 e. The van der Waals surface area contributed by atoms with Crippen molar-refractivity contribution in [3.63, 3.8) is 0 Å². The van der Waals surface area contributed by atoms with Crippen molar-refractivity contribution in [1.29, 1.82) is 0 Å². The van der Waals surface area contributed by atoms with E-state index in [9.17, 15) is 17.6 Å². The molecule has 0 bridgehead atoms. The zero-order chi connectivity index (χ0) is 37.8. The molecule has 2 aromatic rings. The minimum atomic E-state index is -3.97. The van der Waals surface area contributed by atoms with Crippen LogP contribution in [0.15, 0.2) is 47.0 Å². The van der Waals surface area contributed by atoms with Crippen molar-refractivity contribution in [1.82, 2.24) is 19.4 Å². The van der Waals surface area contributed by atoms with Crippen LogP contribution in [0.2, 0.25) is 0 Å². The normalized spacial score (nSPS) is 37.6. The summed E-state index contributed by atoms with van der Waals surface area (Å²) < 4.78 is 42.4. The molecule has 0 unspecified atom stereocenters. The van der Waals surface area contributed by atoms with Crippen LogP contribution in [0.4, 0.5) is 4.39 Å². The maximum atomic E-state index is 14.5. The molecular weight excluding hydrogens is 684 g/mol. The highest BCUT2D eigenvalue weighted by molar-refractivity contribution is 7.89. The Hall–Kier alpha value is -2.52. The molecular formula is C44H63FN4O3S. The Labute approximate surface area is 318 Å². The van der Waals surface area contributed by atoms with Gasteiger partial charge in [0.25, 0.3) is 10.0 Å². The predicted octanol–water partition coefficient (Wildman–Crippen LogP) is 8.68. The number of allylic oxidation sites excluding steroid dienone is 2. The Balaban J connectivity index is 1.12. The number of carbonyl (C=O) groups is 1. The van der Waals surface area contributed by atoms with Crippen molar-refractivity contribution in [3.8, 4) is 0 Å². The maximum absolute atomic E-state index is 14.5. The number of likely N-dealkylation sites (tertiary alicyclic amines) is 1. The fourth-order valence-electron chi connectivity index (χ4n) is 13.6. The number of amides is 1. The smallest absolute Gasteiger partial charge is 0.282 e. The zero-order valence-corrected chi connectivity index (χ0v) is 34.2. The van der Waals surface area contributed by atoms with Gasteiger partial charge in [0.05, 0.1) is 16.0 Å². The van der Waals surface area contributed by atoms with Crippen LogP contribution in [0, 0.1) is 50.6 Å². The summed E-state index contributed by atoms with van der Waals surface area (Å²) >= 11 is 0. The van der Waals surface area contributed by atoms with Gasteiger partial charge in [0.2, 0.25) is 5.91 Å². The number of aromatic nitrogens is 2. The van der Waals surface area contributed by atoms with Gasteiger partial charge >= 0.3 is 0 Å². The average molecular weight is 747 g/mol. The molecule has 1 aromatic heterocycles. The molecule has 53 heavy (non-hydrogen) atoms. The third-order valence-electron chi connectivity index (χ3n) is 16.7. The number of fused-ring (bicyclic) bond motifs is 8. The second-order valence-electron chi connectivity index (χ2n) is 20.3. The molecule has 8 rings (SSSR count). The quantitative estimate of drug-likeness (QED) is 0.299. The van der Waals surface area contributed by atoms with E-state index in [0.717, 1.165) is 99.3 Å². The Morgan fingerprint density at radius 1 is 0.925 bits per heavy atom. The summed E-state index contributed by atoms with van der Waals surface area (Å²) in [4.78, 5) is 17.1. The van der Waals surface area contributed by atoms with Crippen molar-refractivity contribution in [3.05, 3.63) is 59.2 Å². The first kappa shape index (κ1) is 37.4. The summed E-state index contributed by atoms with van der Waals surface area (Å²) in [5.41, 5.74) is 2.98. The Morgan fingerprint density at radius 2 is 1.62 bits per heavy atom. The Bertz CT molecular complexity index is 1910. The molecule has 0 radical (unpaired) electrons. The molecule has 1 aromatic carbocycles. The number of nitrogens with one attached hydrogen (secondary N) is 1. The van der Waals surface area contributed by atoms with Crippen LogP contribution in [0.5, 0.6) is 0 Å². The van der Waals surface area contributed by atoms with E-state index in [4.69, 9.17) is 5.10 Å².